The van der Waals surface area contributed by atoms with Crippen LogP contribution < -0.4 is 0 Å². The average molecular weight is 269 g/mol. The molecule has 0 aromatic carbocycles. The third-order valence-electron chi connectivity index (χ3n) is 3.62. The largest absolute Gasteiger partial charge is 0.475 e. The van der Waals surface area contributed by atoms with Gasteiger partial charge in [-0.1, -0.05) is 6.92 Å². The second-order valence-corrected chi connectivity index (χ2v) is 6.27. The molecular weight excluding hydrogens is 250 g/mol. The lowest BCUT2D eigenvalue weighted by Gasteiger charge is -2.37. The molecule has 0 radical (unpaired) electrons. The van der Waals surface area contributed by atoms with Crippen molar-refractivity contribution in [1.29, 1.82) is 0 Å². The molecule has 2 unspecified atom stereocenters. The maximum atomic E-state index is 10.9. The number of carbonyl (C=O) groups is 1. The Morgan fingerprint density at radius 2 is 2.33 bits per heavy atom. The van der Waals surface area contributed by atoms with Crippen molar-refractivity contribution in [3.05, 3.63) is 23.2 Å². The number of aromatic carboxylic acids is 1. The predicted octanol–water partition coefficient (Wildman–Crippen LogP) is 2.61. The fourth-order valence-corrected chi connectivity index (χ4v) is 3.38. The Kier molecular flexibility index (Phi) is 4.02. The Morgan fingerprint density at radius 3 is 2.94 bits per heavy atom. The molecule has 5 heteroatoms. The van der Waals surface area contributed by atoms with E-state index in [9.17, 15) is 4.79 Å². The fourth-order valence-electron chi connectivity index (χ4n) is 2.22. The summed E-state index contributed by atoms with van der Waals surface area (Å²) in [4.78, 5) is 13.3. The highest BCUT2D eigenvalue weighted by Crippen LogP contribution is 2.27. The molecule has 1 aromatic heterocycles. The van der Waals surface area contributed by atoms with Crippen molar-refractivity contribution >= 4 is 17.7 Å². The van der Waals surface area contributed by atoms with Crippen LogP contribution in [0.25, 0.3) is 0 Å². The number of carboxylic acids is 1. The summed E-state index contributed by atoms with van der Waals surface area (Å²) < 4.78 is 5.25. The number of aryl methyl sites for hydroxylation is 1. The van der Waals surface area contributed by atoms with Gasteiger partial charge in [-0.2, -0.15) is 11.8 Å². The topological polar surface area (TPSA) is 53.7 Å². The van der Waals surface area contributed by atoms with E-state index in [2.05, 4.69) is 18.7 Å². The van der Waals surface area contributed by atoms with Gasteiger partial charge in [0.1, 0.15) is 5.76 Å². The second-order valence-electron chi connectivity index (χ2n) is 4.78. The van der Waals surface area contributed by atoms with Crippen LogP contribution in [0.15, 0.2) is 10.5 Å². The average Bonchev–Trinajstić information content (AvgIpc) is 2.67. The molecule has 2 rings (SSSR count). The first-order valence-electron chi connectivity index (χ1n) is 6.17. The molecule has 1 aliphatic heterocycles. The third kappa shape index (κ3) is 2.72. The number of thioether (sulfide) groups is 1. The van der Waals surface area contributed by atoms with Gasteiger partial charge in [0.2, 0.25) is 5.76 Å². The lowest BCUT2D eigenvalue weighted by atomic mass is 10.1. The van der Waals surface area contributed by atoms with Crippen molar-refractivity contribution in [2.45, 2.75) is 38.6 Å². The normalized spacial score (nSPS) is 25.3. The molecular formula is C13H19NO3S. The van der Waals surface area contributed by atoms with Crippen molar-refractivity contribution < 1.29 is 14.3 Å². The Bertz CT molecular complexity index is 443. The molecule has 1 saturated heterocycles. The maximum Gasteiger partial charge on any atom is 0.371 e. The zero-order chi connectivity index (χ0) is 13.3. The fraction of sp³-hybridized carbons (Fsp3) is 0.615. The zero-order valence-corrected chi connectivity index (χ0v) is 11.8. The van der Waals surface area contributed by atoms with E-state index in [0.29, 0.717) is 17.1 Å². The molecule has 0 aliphatic carbocycles. The number of carboxylic acid groups (broad SMARTS) is 1. The molecule has 1 aromatic rings. The van der Waals surface area contributed by atoms with E-state index < -0.39 is 5.97 Å². The summed E-state index contributed by atoms with van der Waals surface area (Å²) in [5, 5.41) is 9.53. The smallest absolute Gasteiger partial charge is 0.371 e. The van der Waals surface area contributed by atoms with Crippen molar-refractivity contribution in [2.75, 3.05) is 12.3 Å². The predicted molar refractivity (Wildman–Crippen MR) is 72.2 cm³/mol. The van der Waals surface area contributed by atoms with Crippen molar-refractivity contribution in [1.82, 2.24) is 4.90 Å². The zero-order valence-electron chi connectivity index (χ0n) is 11.0. The molecule has 0 saturated carbocycles. The van der Waals surface area contributed by atoms with Gasteiger partial charge in [0.05, 0.1) is 0 Å². The van der Waals surface area contributed by atoms with Crippen LogP contribution in [0, 0.1) is 6.92 Å². The van der Waals surface area contributed by atoms with Gasteiger partial charge in [-0.25, -0.2) is 4.79 Å². The van der Waals surface area contributed by atoms with Crippen molar-refractivity contribution in [3.63, 3.8) is 0 Å². The first kappa shape index (κ1) is 13.5. The van der Waals surface area contributed by atoms with Crippen LogP contribution in [-0.4, -0.2) is 39.6 Å². The summed E-state index contributed by atoms with van der Waals surface area (Å²) in [7, 11) is 0. The number of furan rings is 1. The summed E-state index contributed by atoms with van der Waals surface area (Å²) in [5.74, 6) is 0.883. The summed E-state index contributed by atoms with van der Waals surface area (Å²) >= 11 is 2.00. The SMILES string of the molecule is Cc1oc(C(=O)O)cc1CN1CCSC(C)C1C. The van der Waals surface area contributed by atoms with Gasteiger partial charge in [0.15, 0.2) is 0 Å². The lowest BCUT2D eigenvalue weighted by molar-refractivity contribution is 0.0661. The molecule has 1 fully saturated rings. The Hall–Kier alpha value is -0.940. The minimum absolute atomic E-state index is 0.0367. The number of hydrogen-bond donors (Lipinski definition) is 1. The highest BCUT2D eigenvalue weighted by Gasteiger charge is 2.26. The first-order chi connectivity index (χ1) is 8.49. The van der Waals surface area contributed by atoms with E-state index in [0.717, 1.165) is 24.4 Å². The third-order valence-corrected chi connectivity index (χ3v) is 4.96. The van der Waals surface area contributed by atoms with Gasteiger partial charge in [-0.15, -0.1) is 0 Å². The molecule has 4 nitrogen and oxygen atoms in total. The van der Waals surface area contributed by atoms with Crippen LogP contribution in [0.1, 0.15) is 35.7 Å². The molecule has 1 aliphatic rings. The van der Waals surface area contributed by atoms with Crippen molar-refractivity contribution in [2.24, 2.45) is 0 Å². The van der Waals surface area contributed by atoms with Gasteiger partial charge in [0.25, 0.3) is 0 Å². The Balaban J connectivity index is 2.11. The summed E-state index contributed by atoms with van der Waals surface area (Å²) in [6.45, 7) is 8.11. The van der Waals surface area contributed by atoms with Crippen LogP contribution in [0.4, 0.5) is 0 Å². The van der Waals surface area contributed by atoms with Gasteiger partial charge in [-0.3, -0.25) is 4.90 Å². The molecule has 18 heavy (non-hydrogen) atoms. The lowest BCUT2D eigenvalue weighted by Crippen LogP contribution is -2.43. The monoisotopic (exact) mass is 269 g/mol. The van der Waals surface area contributed by atoms with Gasteiger partial charge >= 0.3 is 5.97 Å². The first-order valence-corrected chi connectivity index (χ1v) is 7.22. The van der Waals surface area contributed by atoms with E-state index in [1.54, 1.807) is 6.07 Å². The molecule has 100 valence electrons. The summed E-state index contributed by atoms with van der Waals surface area (Å²) in [6.07, 6.45) is 0. The molecule has 0 amide bonds. The molecule has 0 bridgehead atoms. The second kappa shape index (κ2) is 5.36. The number of hydrogen-bond acceptors (Lipinski definition) is 4. The number of nitrogens with zero attached hydrogens (tertiary/aromatic N) is 1. The van der Waals surface area contributed by atoms with Gasteiger partial charge in [0, 0.05) is 35.7 Å². The standard InChI is InChI=1S/C13H19NO3S/c1-8-10(3)18-5-4-14(8)7-11-6-12(13(15)16)17-9(11)2/h6,8,10H,4-5,7H2,1-3H3,(H,15,16). The van der Waals surface area contributed by atoms with Crippen LogP contribution in [-0.2, 0) is 6.54 Å². The van der Waals surface area contributed by atoms with Crippen LogP contribution in [0.2, 0.25) is 0 Å². The molecule has 1 N–H and O–H groups in total. The number of rotatable bonds is 3. The van der Waals surface area contributed by atoms with Crippen LogP contribution in [0.3, 0.4) is 0 Å². The Morgan fingerprint density at radius 1 is 1.61 bits per heavy atom. The summed E-state index contributed by atoms with van der Waals surface area (Å²) in [5.41, 5.74) is 0.985. The minimum Gasteiger partial charge on any atom is -0.475 e. The van der Waals surface area contributed by atoms with E-state index in [1.165, 1.54) is 0 Å². The van der Waals surface area contributed by atoms with Gasteiger partial charge in [-0.05, 0) is 19.9 Å². The Labute approximate surface area is 111 Å². The molecule has 2 heterocycles. The molecule has 0 spiro atoms. The highest BCUT2D eigenvalue weighted by atomic mass is 32.2. The van der Waals surface area contributed by atoms with E-state index in [4.69, 9.17) is 9.52 Å². The quantitative estimate of drug-likeness (QED) is 0.914. The van der Waals surface area contributed by atoms with Gasteiger partial charge < -0.3 is 9.52 Å². The van der Waals surface area contributed by atoms with E-state index >= 15 is 0 Å². The maximum absolute atomic E-state index is 10.9. The van der Waals surface area contributed by atoms with E-state index in [1.807, 2.05) is 18.7 Å². The minimum atomic E-state index is -1.00. The van der Waals surface area contributed by atoms with Crippen LogP contribution >= 0.6 is 11.8 Å². The highest BCUT2D eigenvalue weighted by molar-refractivity contribution is 8.00. The summed E-state index contributed by atoms with van der Waals surface area (Å²) in [6, 6.07) is 2.16. The van der Waals surface area contributed by atoms with E-state index in [-0.39, 0.29) is 5.76 Å². The molecule has 2 atom stereocenters. The van der Waals surface area contributed by atoms with Crippen LogP contribution in [0.5, 0.6) is 0 Å². The van der Waals surface area contributed by atoms with Crippen molar-refractivity contribution in [3.8, 4) is 0 Å².